The second-order valence-electron chi connectivity index (χ2n) is 4.36. The lowest BCUT2D eigenvalue weighted by atomic mass is 10.4. The quantitative estimate of drug-likeness (QED) is 0.505. The first-order chi connectivity index (χ1) is 9.21. The lowest BCUT2D eigenvalue weighted by Crippen LogP contribution is -2.30. The Kier molecular flexibility index (Phi) is 4.52. The summed E-state index contributed by atoms with van der Waals surface area (Å²) in [5, 5.41) is 10.5. The number of nitrogens with one attached hydrogen (secondary N) is 1. The molecular formula is C15H16BNOP+. The Hall–Kier alpha value is -1.44. The molecule has 2 radical (unpaired) electrons. The Labute approximate surface area is 116 Å². The van der Waals surface area contributed by atoms with Crippen molar-refractivity contribution in [2.24, 2.45) is 0 Å². The van der Waals surface area contributed by atoms with E-state index in [0.29, 0.717) is 11.8 Å². The molecule has 0 saturated heterocycles. The predicted octanol–water partition coefficient (Wildman–Crippen LogP) is 2.71. The summed E-state index contributed by atoms with van der Waals surface area (Å²) in [6.07, 6.45) is 0.357. The molecule has 0 fully saturated rings. The van der Waals surface area contributed by atoms with E-state index in [-0.39, 0.29) is 0 Å². The molecule has 2 nitrogen and oxygen atoms in total. The van der Waals surface area contributed by atoms with Crippen molar-refractivity contribution in [2.45, 2.75) is 6.92 Å². The van der Waals surface area contributed by atoms with E-state index in [1.54, 1.807) is 0 Å². The van der Waals surface area contributed by atoms with Gasteiger partial charge < -0.3 is 4.65 Å². The van der Waals surface area contributed by atoms with Crippen molar-refractivity contribution < 1.29 is 4.65 Å². The third-order valence-electron chi connectivity index (χ3n) is 3.23. The second kappa shape index (κ2) is 6.14. The zero-order chi connectivity index (χ0) is 13.7. The third kappa shape index (κ3) is 2.63. The van der Waals surface area contributed by atoms with Gasteiger partial charge in [-0.25, -0.2) is 0 Å². The SMILES string of the molecule is [B]OC[P+](C(C)=N)(c1ccccc1)c1ccccc1. The smallest absolute Gasteiger partial charge is 0.287 e. The lowest BCUT2D eigenvalue weighted by Gasteiger charge is -2.25. The molecule has 0 aliphatic rings. The fourth-order valence-corrected chi connectivity index (χ4v) is 5.41. The van der Waals surface area contributed by atoms with Gasteiger partial charge in [-0.1, -0.05) is 36.4 Å². The van der Waals surface area contributed by atoms with E-state index in [9.17, 15) is 0 Å². The minimum Gasteiger partial charge on any atom is -0.418 e. The van der Waals surface area contributed by atoms with Gasteiger partial charge in [-0.15, -0.1) is 0 Å². The molecule has 0 aliphatic heterocycles. The van der Waals surface area contributed by atoms with Crippen LogP contribution in [0, 0.1) is 5.41 Å². The van der Waals surface area contributed by atoms with Crippen LogP contribution in [0.4, 0.5) is 0 Å². The molecule has 2 rings (SSSR count). The van der Waals surface area contributed by atoms with Gasteiger partial charge in [0.15, 0.2) is 19.1 Å². The van der Waals surface area contributed by atoms with Crippen molar-refractivity contribution in [3.63, 3.8) is 0 Å². The van der Waals surface area contributed by atoms with E-state index >= 15 is 0 Å². The zero-order valence-electron chi connectivity index (χ0n) is 10.9. The van der Waals surface area contributed by atoms with Crippen molar-refractivity contribution in [3.8, 4) is 0 Å². The van der Waals surface area contributed by atoms with Crippen LogP contribution in [-0.4, -0.2) is 19.8 Å². The maximum absolute atomic E-state index is 8.29. The van der Waals surface area contributed by atoms with Crippen molar-refractivity contribution in [2.75, 3.05) is 6.35 Å². The van der Waals surface area contributed by atoms with Crippen LogP contribution in [0.1, 0.15) is 6.92 Å². The number of rotatable bonds is 5. The van der Waals surface area contributed by atoms with Gasteiger partial charge in [-0.05, 0) is 24.3 Å². The molecule has 2 aromatic carbocycles. The molecule has 0 atom stereocenters. The van der Waals surface area contributed by atoms with Gasteiger partial charge in [0.05, 0.1) is 0 Å². The van der Waals surface area contributed by atoms with E-state index in [1.807, 2.05) is 43.3 Å². The Morgan fingerprint density at radius 1 is 1.00 bits per heavy atom. The Balaban J connectivity index is 2.65. The summed E-state index contributed by atoms with van der Waals surface area (Å²) in [5.41, 5.74) is 0.621. The van der Waals surface area contributed by atoms with Crippen LogP contribution in [0.5, 0.6) is 0 Å². The topological polar surface area (TPSA) is 33.1 Å². The van der Waals surface area contributed by atoms with Gasteiger partial charge >= 0.3 is 0 Å². The average Bonchev–Trinajstić information content (AvgIpc) is 2.46. The van der Waals surface area contributed by atoms with E-state index in [2.05, 4.69) is 24.3 Å². The van der Waals surface area contributed by atoms with Crippen LogP contribution in [0.15, 0.2) is 60.7 Å². The average molecular weight is 268 g/mol. The van der Waals surface area contributed by atoms with E-state index < -0.39 is 7.26 Å². The summed E-state index contributed by atoms with van der Waals surface area (Å²) in [6, 6.07) is 20.1. The Morgan fingerprint density at radius 3 is 1.74 bits per heavy atom. The van der Waals surface area contributed by atoms with Gasteiger partial charge in [0.25, 0.3) is 8.05 Å². The molecule has 0 saturated carbocycles. The van der Waals surface area contributed by atoms with Gasteiger partial charge in [0, 0.05) is 6.92 Å². The maximum Gasteiger partial charge on any atom is 0.287 e. The fourth-order valence-electron chi connectivity index (χ4n) is 2.26. The first-order valence-electron chi connectivity index (χ1n) is 6.08. The van der Waals surface area contributed by atoms with Gasteiger partial charge in [-0.2, -0.15) is 0 Å². The highest BCUT2D eigenvalue weighted by Crippen LogP contribution is 2.56. The highest BCUT2D eigenvalue weighted by molar-refractivity contribution is 8.02. The molecule has 94 valence electrons. The molecule has 0 amide bonds. The highest BCUT2D eigenvalue weighted by Gasteiger charge is 2.45. The van der Waals surface area contributed by atoms with Gasteiger partial charge in [-0.3, -0.25) is 5.41 Å². The first-order valence-corrected chi connectivity index (χ1v) is 8.06. The van der Waals surface area contributed by atoms with Crippen molar-refractivity contribution in [1.82, 2.24) is 0 Å². The minimum atomic E-state index is -2.04. The second-order valence-corrected chi connectivity index (χ2v) is 7.94. The molecule has 0 aromatic heterocycles. The molecule has 4 heteroatoms. The van der Waals surface area contributed by atoms with E-state index in [0.717, 1.165) is 10.6 Å². The van der Waals surface area contributed by atoms with Crippen LogP contribution < -0.4 is 10.6 Å². The standard InChI is InChI=1S/C15H16BNOP/c1-13(17)19(12-18-16,14-8-4-2-5-9-14)15-10-6-3-7-11-15/h2-11,17H,12H2,1H3/q+1. The number of hydrogen-bond donors (Lipinski definition) is 1. The van der Waals surface area contributed by atoms with Crippen LogP contribution in [-0.2, 0) is 4.65 Å². The van der Waals surface area contributed by atoms with Gasteiger partial charge in [0.2, 0.25) is 0 Å². The lowest BCUT2D eigenvalue weighted by molar-refractivity contribution is 0.431. The molecule has 0 unspecified atom stereocenters. The summed E-state index contributed by atoms with van der Waals surface area (Å²) >= 11 is 0. The summed E-state index contributed by atoms with van der Waals surface area (Å²) < 4.78 is 4.99. The van der Waals surface area contributed by atoms with E-state index in [1.165, 1.54) is 0 Å². The molecule has 0 spiro atoms. The van der Waals surface area contributed by atoms with Gasteiger partial charge in [0.1, 0.15) is 10.6 Å². The molecule has 1 N–H and O–H groups in total. The summed E-state index contributed by atoms with van der Waals surface area (Å²) in [5.74, 6) is 0. The van der Waals surface area contributed by atoms with Crippen LogP contribution in [0.2, 0.25) is 0 Å². The Bertz CT molecular complexity index is 505. The van der Waals surface area contributed by atoms with E-state index in [4.69, 9.17) is 18.1 Å². The summed E-state index contributed by atoms with van der Waals surface area (Å²) in [7, 11) is 3.32. The highest BCUT2D eigenvalue weighted by atomic mass is 31.2. The van der Waals surface area contributed by atoms with Crippen LogP contribution >= 0.6 is 7.26 Å². The van der Waals surface area contributed by atoms with Crippen LogP contribution in [0.25, 0.3) is 0 Å². The Morgan fingerprint density at radius 2 is 1.42 bits per heavy atom. The molecular weight excluding hydrogens is 252 g/mol. The fraction of sp³-hybridized carbons (Fsp3) is 0.133. The van der Waals surface area contributed by atoms with Crippen molar-refractivity contribution in [1.29, 1.82) is 5.41 Å². The normalized spacial score (nSPS) is 11.2. The molecule has 0 heterocycles. The third-order valence-corrected chi connectivity index (χ3v) is 7.28. The summed E-state index contributed by atoms with van der Waals surface area (Å²) in [4.78, 5) is 0. The monoisotopic (exact) mass is 268 g/mol. The molecule has 0 bridgehead atoms. The van der Waals surface area contributed by atoms with Crippen LogP contribution in [0.3, 0.4) is 0 Å². The minimum absolute atomic E-state index is 0.357. The zero-order valence-corrected chi connectivity index (χ0v) is 11.8. The molecule has 19 heavy (non-hydrogen) atoms. The number of hydrogen-bond acceptors (Lipinski definition) is 2. The largest absolute Gasteiger partial charge is 0.418 e. The predicted molar refractivity (Wildman–Crippen MR) is 84.2 cm³/mol. The molecule has 0 aliphatic carbocycles. The number of benzene rings is 2. The van der Waals surface area contributed by atoms with Crippen molar-refractivity contribution in [3.05, 3.63) is 60.7 Å². The first kappa shape index (κ1) is 14.0. The van der Waals surface area contributed by atoms with Crippen molar-refractivity contribution >= 4 is 31.4 Å². The summed E-state index contributed by atoms with van der Waals surface area (Å²) in [6.45, 7) is 1.84. The molecule has 2 aromatic rings. The maximum atomic E-state index is 8.29.